The van der Waals surface area contributed by atoms with Crippen molar-refractivity contribution in [3.05, 3.63) is 54.6 Å². The smallest absolute Gasteiger partial charge is 0.217 e. The predicted octanol–water partition coefficient (Wildman–Crippen LogP) is 3.92. The zero-order valence-corrected chi connectivity index (χ0v) is 11.5. The minimum absolute atomic E-state index is 0.557. The highest BCUT2D eigenvalue weighted by atomic mass is 16.5. The first-order chi connectivity index (χ1) is 9.81. The zero-order valence-electron chi connectivity index (χ0n) is 11.5. The summed E-state index contributed by atoms with van der Waals surface area (Å²) >= 11 is 0. The van der Waals surface area contributed by atoms with E-state index in [1.54, 1.807) is 20.3 Å². The second kappa shape index (κ2) is 5.21. The Labute approximate surface area is 117 Å². The van der Waals surface area contributed by atoms with Crippen LogP contribution >= 0.6 is 0 Å². The van der Waals surface area contributed by atoms with Crippen molar-refractivity contribution < 1.29 is 9.47 Å². The molecule has 3 heteroatoms. The van der Waals surface area contributed by atoms with Gasteiger partial charge in [-0.05, 0) is 23.3 Å². The van der Waals surface area contributed by atoms with Gasteiger partial charge in [0, 0.05) is 11.5 Å². The van der Waals surface area contributed by atoms with Crippen LogP contribution in [0.3, 0.4) is 0 Å². The Bertz CT molecular complexity index is 739. The summed E-state index contributed by atoms with van der Waals surface area (Å²) in [5.74, 6) is 1.33. The van der Waals surface area contributed by atoms with E-state index in [0.29, 0.717) is 5.88 Å². The summed E-state index contributed by atoms with van der Waals surface area (Å²) in [6.45, 7) is 0. The molecule has 3 rings (SSSR count). The molecule has 0 N–H and O–H groups in total. The molecule has 1 heterocycles. The van der Waals surface area contributed by atoms with Crippen molar-refractivity contribution in [3.63, 3.8) is 0 Å². The lowest BCUT2D eigenvalue weighted by molar-refractivity contribution is 0.386. The van der Waals surface area contributed by atoms with Crippen LogP contribution < -0.4 is 9.47 Å². The molecule has 20 heavy (non-hydrogen) atoms. The summed E-state index contributed by atoms with van der Waals surface area (Å²) in [4.78, 5) is 4.43. The zero-order chi connectivity index (χ0) is 13.9. The second-order valence-corrected chi connectivity index (χ2v) is 4.46. The van der Waals surface area contributed by atoms with Crippen molar-refractivity contribution in [2.24, 2.45) is 0 Å². The predicted molar refractivity (Wildman–Crippen MR) is 80.3 cm³/mol. The fraction of sp³-hybridized carbons (Fsp3) is 0.118. The molecule has 0 unspecified atom stereocenters. The van der Waals surface area contributed by atoms with Crippen molar-refractivity contribution in [2.75, 3.05) is 14.2 Å². The van der Waals surface area contributed by atoms with E-state index in [2.05, 4.69) is 29.2 Å². The van der Waals surface area contributed by atoms with E-state index < -0.39 is 0 Å². The minimum atomic E-state index is 0.557. The molecule has 0 aliphatic rings. The number of hydrogen-bond donors (Lipinski definition) is 0. The normalized spacial score (nSPS) is 10.5. The quantitative estimate of drug-likeness (QED) is 0.719. The van der Waals surface area contributed by atoms with Crippen LogP contribution in [-0.4, -0.2) is 19.2 Å². The van der Waals surface area contributed by atoms with Crippen LogP contribution in [0.2, 0.25) is 0 Å². The molecule has 0 aliphatic heterocycles. The number of ether oxygens (including phenoxy) is 2. The van der Waals surface area contributed by atoms with Gasteiger partial charge >= 0.3 is 0 Å². The van der Waals surface area contributed by atoms with E-state index in [-0.39, 0.29) is 0 Å². The van der Waals surface area contributed by atoms with E-state index >= 15 is 0 Å². The molecule has 0 bridgehead atoms. The van der Waals surface area contributed by atoms with Crippen molar-refractivity contribution in [1.82, 2.24) is 4.98 Å². The molecular weight excluding hydrogens is 250 g/mol. The molecule has 0 spiro atoms. The number of methoxy groups -OCH3 is 2. The van der Waals surface area contributed by atoms with Gasteiger partial charge in [0.15, 0.2) is 0 Å². The van der Waals surface area contributed by atoms with Crippen LogP contribution in [0, 0.1) is 0 Å². The third-order valence-corrected chi connectivity index (χ3v) is 3.28. The Morgan fingerprint density at radius 1 is 0.800 bits per heavy atom. The van der Waals surface area contributed by atoms with Crippen LogP contribution in [-0.2, 0) is 0 Å². The monoisotopic (exact) mass is 265 g/mol. The molecule has 0 atom stereocenters. The third-order valence-electron chi connectivity index (χ3n) is 3.28. The first-order valence-corrected chi connectivity index (χ1v) is 6.40. The molecule has 3 nitrogen and oxygen atoms in total. The molecule has 0 aliphatic carbocycles. The van der Waals surface area contributed by atoms with E-state index in [0.717, 1.165) is 22.2 Å². The van der Waals surface area contributed by atoms with Crippen LogP contribution in [0.1, 0.15) is 0 Å². The Balaban J connectivity index is 2.20. The van der Waals surface area contributed by atoms with Crippen LogP contribution in [0.15, 0.2) is 54.6 Å². The van der Waals surface area contributed by atoms with E-state index in [1.165, 1.54) is 5.56 Å². The lowest BCUT2D eigenvalue weighted by Gasteiger charge is -2.09. The van der Waals surface area contributed by atoms with Gasteiger partial charge in [0.05, 0.1) is 19.7 Å². The second-order valence-electron chi connectivity index (χ2n) is 4.46. The highest BCUT2D eigenvalue weighted by molar-refractivity contribution is 5.90. The summed E-state index contributed by atoms with van der Waals surface area (Å²) < 4.78 is 10.6. The highest BCUT2D eigenvalue weighted by Crippen LogP contribution is 2.31. The number of fused-ring (bicyclic) bond motifs is 1. The van der Waals surface area contributed by atoms with Crippen LogP contribution in [0.5, 0.6) is 11.6 Å². The molecule has 0 fully saturated rings. The number of benzene rings is 2. The SMILES string of the molecule is COc1cc(OC)c2cc(-c3ccccc3)ccc2n1. The standard InChI is InChI=1S/C17H15NO2/c1-19-16-11-17(20-2)18-15-9-8-13(10-14(15)16)12-6-4-3-5-7-12/h3-11H,1-2H3. The molecule has 0 saturated heterocycles. The van der Waals surface area contributed by atoms with E-state index in [1.807, 2.05) is 24.3 Å². The van der Waals surface area contributed by atoms with Gasteiger partial charge in [-0.1, -0.05) is 36.4 Å². The van der Waals surface area contributed by atoms with Crippen LogP contribution in [0.4, 0.5) is 0 Å². The van der Waals surface area contributed by atoms with Gasteiger partial charge in [-0.3, -0.25) is 0 Å². The molecule has 3 aromatic rings. The van der Waals surface area contributed by atoms with E-state index in [9.17, 15) is 0 Å². The van der Waals surface area contributed by atoms with Crippen molar-refractivity contribution in [3.8, 4) is 22.8 Å². The molecular formula is C17H15NO2. The Morgan fingerprint density at radius 3 is 2.30 bits per heavy atom. The number of pyridine rings is 1. The lowest BCUT2D eigenvalue weighted by Crippen LogP contribution is -1.92. The Hall–Kier alpha value is -2.55. The molecule has 0 saturated carbocycles. The van der Waals surface area contributed by atoms with Gasteiger partial charge in [0.1, 0.15) is 5.75 Å². The number of rotatable bonds is 3. The van der Waals surface area contributed by atoms with Gasteiger partial charge in [-0.15, -0.1) is 0 Å². The number of nitrogens with zero attached hydrogens (tertiary/aromatic N) is 1. The van der Waals surface area contributed by atoms with Gasteiger partial charge in [0.2, 0.25) is 5.88 Å². The number of hydrogen-bond acceptors (Lipinski definition) is 3. The average Bonchev–Trinajstić information content (AvgIpc) is 2.54. The van der Waals surface area contributed by atoms with Crippen molar-refractivity contribution in [1.29, 1.82) is 0 Å². The average molecular weight is 265 g/mol. The summed E-state index contributed by atoms with van der Waals surface area (Å²) in [6, 6.07) is 18.2. The maximum Gasteiger partial charge on any atom is 0.217 e. The minimum Gasteiger partial charge on any atom is -0.496 e. The lowest BCUT2D eigenvalue weighted by atomic mass is 10.0. The summed E-state index contributed by atoms with van der Waals surface area (Å²) in [7, 11) is 3.26. The van der Waals surface area contributed by atoms with E-state index in [4.69, 9.17) is 9.47 Å². The largest absolute Gasteiger partial charge is 0.496 e. The molecule has 0 radical (unpaired) electrons. The van der Waals surface area contributed by atoms with Gasteiger partial charge in [-0.25, -0.2) is 4.98 Å². The first-order valence-electron chi connectivity index (χ1n) is 6.40. The van der Waals surface area contributed by atoms with Crippen molar-refractivity contribution in [2.45, 2.75) is 0 Å². The van der Waals surface area contributed by atoms with Crippen LogP contribution in [0.25, 0.3) is 22.0 Å². The summed E-state index contributed by atoms with van der Waals surface area (Å²) in [6.07, 6.45) is 0. The maximum absolute atomic E-state index is 5.44. The number of aromatic nitrogens is 1. The fourth-order valence-electron chi connectivity index (χ4n) is 2.26. The molecule has 100 valence electrons. The summed E-state index contributed by atoms with van der Waals surface area (Å²) in [5.41, 5.74) is 3.18. The molecule has 0 amide bonds. The molecule has 1 aromatic heterocycles. The topological polar surface area (TPSA) is 31.4 Å². The Morgan fingerprint density at radius 2 is 1.60 bits per heavy atom. The van der Waals surface area contributed by atoms with Crippen molar-refractivity contribution >= 4 is 10.9 Å². The molecule has 2 aromatic carbocycles. The highest BCUT2D eigenvalue weighted by Gasteiger charge is 2.08. The Kier molecular flexibility index (Phi) is 3.25. The third kappa shape index (κ3) is 2.18. The first kappa shape index (κ1) is 12.5. The van der Waals surface area contributed by atoms with Gasteiger partial charge in [0.25, 0.3) is 0 Å². The fourth-order valence-corrected chi connectivity index (χ4v) is 2.26. The summed E-state index contributed by atoms with van der Waals surface area (Å²) in [5, 5.41) is 0.981. The van der Waals surface area contributed by atoms with Gasteiger partial charge < -0.3 is 9.47 Å². The maximum atomic E-state index is 5.44. The van der Waals surface area contributed by atoms with Gasteiger partial charge in [-0.2, -0.15) is 0 Å².